The number of benzene rings is 2. The second-order valence-corrected chi connectivity index (χ2v) is 8.05. The Bertz CT molecular complexity index is 1070. The quantitative estimate of drug-likeness (QED) is 0.477. The van der Waals surface area contributed by atoms with Crippen LogP contribution in [-0.2, 0) is 6.54 Å². The van der Waals surface area contributed by atoms with E-state index in [1.165, 1.54) is 34.9 Å². The Morgan fingerprint density at radius 2 is 1.86 bits per heavy atom. The predicted molar refractivity (Wildman–Crippen MR) is 115 cm³/mol. The van der Waals surface area contributed by atoms with Gasteiger partial charge in [0.25, 0.3) is 0 Å². The Morgan fingerprint density at radius 3 is 2.68 bits per heavy atom. The number of hydrogen-bond donors (Lipinski definition) is 2. The number of nitrogens with one attached hydrogen (secondary N) is 2. The van der Waals surface area contributed by atoms with E-state index in [4.69, 9.17) is 11.6 Å². The zero-order valence-electron chi connectivity index (χ0n) is 15.7. The molecule has 0 bridgehead atoms. The number of H-pyrrole nitrogens is 2. The van der Waals surface area contributed by atoms with Crippen LogP contribution in [0.25, 0.3) is 22.2 Å². The van der Waals surface area contributed by atoms with Crippen molar-refractivity contribution in [3.63, 3.8) is 0 Å². The molecule has 1 aliphatic heterocycles. The maximum Gasteiger partial charge on any atom is 0.0695 e. The first-order valence-electron chi connectivity index (χ1n) is 9.84. The molecule has 0 aliphatic carbocycles. The third-order valence-corrected chi connectivity index (χ3v) is 6.15. The molecule has 4 nitrogen and oxygen atoms in total. The van der Waals surface area contributed by atoms with Crippen LogP contribution in [0.15, 0.2) is 60.9 Å². The molecule has 1 saturated heterocycles. The van der Waals surface area contributed by atoms with Crippen molar-refractivity contribution in [3.8, 4) is 11.3 Å². The van der Waals surface area contributed by atoms with Crippen LogP contribution in [-0.4, -0.2) is 33.2 Å². The summed E-state index contributed by atoms with van der Waals surface area (Å²) < 4.78 is 0. The van der Waals surface area contributed by atoms with Crippen LogP contribution in [0, 0.1) is 0 Å². The first-order chi connectivity index (χ1) is 13.8. The lowest BCUT2D eigenvalue weighted by atomic mass is 9.87. The molecule has 0 radical (unpaired) electrons. The fourth-order valence-corrected chi connectivity index (χ4v) is 4.53. The Hall–Kier alpha value is -2.56. The summed E-state index contributed by atoms with van der Waals surface area (Å²) in [5.41, 5.74) is 6.20. The van der Waals surface area contributed by atoms with Crippen molar-refractivity contribution in [2.45, 2.75) is 25.3 Å². The number of halogens is 1. The van der Waals surface area contributed by atoms with Crippen LogP contribution in [0.3, 0.4) is 0 Å². The van der Waals surface area contributed by atoms with E-state index >= 15 is 0 Å². The molecule has 2 aromatic heterocycles. The Balaban J connectivity index is 1.28. The van der Waals surface area contributed by atoms with Gasteiger partial charge in [0.05, 0.1) is 11.9 Å². The van der Waals surface area contributed by atoms with Crippen LogP contribution >= 0.6 is 11.6 Å². The summed E-state index contributed by atoms with van der Waals surface area (Å²) in [6.07, 6.45) is 6.38. The van der Waals surface area contributed by atoms with Gasteiger partial charge in [0.15, 0.2) is 0 Å². The van der Waals surface area contributed by atoms with Gasteiger partial charge in [-0.25, -0.2) is 0 Å². The second-order valence-electron chi connectivity index (χ2n) is 7.61. The lowest BCUT2D eigenvalue weighted by molar-refractivity contribution is 0.205. The molecule has 1 fully saturated rings. The molecular weight excluding hydrogens is 368 g/mol. The van der Waals surface area contributed by atoms with Gasteiger partial charge < -0.3 is 4.98 Å². The number of aromatic nitrogens is 3. The average molecular weight is 391 g/mol. The minimum absolute atomic E-state index is 0.635. The predicted octanol–water partition coefficient (Wildman–Crippen LogP) is 5.59. The van der Waals surface area contributed by atoms with Crippen molar-refractivity contribution in [1.29, 1.82) is 0 Å². The van der Waals surface area contributed by atoms with Gasteiger partial charge in [-0.05, 0) is 67.2 Å². The first-order valence-corrected chi connectivity index (χ1v) is 10.2. The number of hydrogen-bond acceptors (Lipinski definition) is 2. The maximum absolute atomic E-state index is 6.03. The van der Waals surface area contributed by atoms with E-state index in [0.717, 1.165) is 35.9 Å². The normalized spacial score (nSPS) is 16.0. The molecule has 0 atom stereocenters. The summed E-state index contributed by atoms with van der Waals surface area (Å²) >= 11 is 6.03. The number of rotatable bonds is 4. The highest BCUT2D eigenvalue weighted by molar-refractivity contribution is 6.30. The third kappa shape index (κ3) is 3.34. The van der Waals surface area contributed by atoms with E-state index in [1.807, 2.05) is 36.7 Å². The fourth-order valence-electron chi connectivity index (χ4n) is 4.41. The Morgan fingerprint density at radius 1 is 1.04 bits per heavy atom. The lowest BCUT2D eigenvalue weighted by Gasteiger charge is -2.32. The van der Waals surface area contributed by atoms with Crippen molar-refractivity contribution in [1.82, 2.24) is 20.1 Å². The molecule has 142 valence electrons. The van der Waals surface area contributed by atoms with E-state index < -0.39 is 0 Å². The number of likely N-dealkylation sites (tertiary alicyclic amines) is 1. The van der Waals surface area contributed by atoms with Gasteiger partial charge in [0.2, 0.25) is 0 Å². The zero-order chi connectivity index (χ0) is 18.9. The molecular formula is C23H23ClN4. The fraction of sp³-hybridized carbons (Fsp3) is 0.261. The van der Waals surface area contributed by atoms with Gasteiger partial charge in [-0.1, -0.05) is 35.9 Å². The molecule has 3 heterocycles. The molecule has 2 aromatic carbocycles. The number of aromatic amines is 2. The molecule has 5 rings (SSSR count). The summed E-state index contributed by atoms with van der Waals surface area (Å²) in [5, 5.41) is 9.58. The van der Waals surface area contributed by atoms with Gasteiger partial charge in [-0.2, -0.15) is 5.10 Å². The molecule has 2 N–H and O–H groups in total. The maximum atomic E-state index is 6.03. The van der Waals surface area contributed by atoms with Crippen LogP contribution in [0.4, 0.5) is 0 Å². The van der Waals surface area contributed by atoms with Gasteiger partial charge in [0.1, 0.15) is 0 Å². The summed E-state index contributed by atoms with van der Waals surface area (Å²) in [6, 6.07) is 16.8. The van der Waals surface area contributed by atoms with E-state index in [-0.39, 0.29) is 0 Å². The standard InChI is InChI=1S/C23H23ClN4/c24-19-6-4-17(5-7-19)23-18(14-26-27-23)15-28-12-9-16(10-13-28)20-2-1-3-22-21(20)8-11-25-22/h1-8,11,14,16,25H,9-10,12-13,15H2,(H,26,27). The second kappa shape index (κ2) is 7.46. The minimum Gasteiger partial charge on any atom is -0.361 e. The van der Waals surface area contributed by atoms with Gasteiger partial charge in [0, 0.05) is 34.2 Å². The molecule has 1 aliphatic rings. The smallest absolute Gasteiger partial charge is 0.0695 e. The van der Waals surface area contributed by atoms with Gasteiger partial charge in [-0.3, -0.25) is 10.00 Å². The van der Waals surface area contributed by atoms with Crippen molar-refractivity contribution < 1.29 is 0 Å². The largest absolute Gasteiger partial charge is 0.361 e. The van der Waals surface area contributed by atoms with Crippen molar-refractivity contribution in [2.24, 2.45) is 0 Å². The molecule has 0 spiro atoms. The van der Waals surface area contributed by atoms with E-state index in [9.17, 15) is 0 Å². The molecule has 5 heteroatoms. The minimum atomic E-state index is 0.635. The SMILES string of the molecule is Clc1ccc(-c2[nH]ncc2CN2CCC(c3cccc4[nH]ccc34)CC2)cc1. The summed E-state index contributed by atoms with van der Waals surface area (Å²) in [7, 11) is 0. The molecule has 0 amide bonds. The first kappa shape index (κ1) is 17.5. The van der Waals surface area contributed by atoms with Crippen LogP contribution < -0.4 is 0 Å². The Labute approximate surface area is 169 Å². The summed E-state index contributed by atoms with van der Waals surface area (Å²) in [4.78, 5) is 5.87. The highest BCUT2D eigenvalue weighted by Crippen LogP contribution is 2.33. The van der Waals surface area contributed by atoms with Gasteiger partial charge >= 0.3 is 0 Å². The zero-order valence-corrected chi connectivity index (χ0v) is 16.4. The number of piperidine rings is 1. The third-order valence-electron chi connectivity index (χ3n) is 5.90. The molecule has 0 unspecified atom stereocenters. The Kier molecular flexibility index (Phi) is 4.67. The van der Waals surface area contributed by atoms with E-state index in [0.29, 0.717) is 5.92 Å². The van der Waals surface area contributed by atoms with Crippen molar-refractivity contribution in [2.75, 3.05) is 13.1 Å². The van der Waals surface area contributed by atoms with Crippen LogP contribution in [0.1, 0.15) is 29.9 Å². The monoisotopic (exact) mass is 390 g/mol. The van der Waals surface area contributed by atoms with Crippen molar-refractivity contribution in [3.05, 3.63) is 77.1 Å². The summed E-state index contributed by atoms with van der Waals surface area (Å²) in [5.74, 6) is 0.635. The molecule has 0 saturated carbocycles. The number of nitrogens with zero attached hydrogens (tertiary/aromatic N) is 2. The van der Waals surface area contributed by atoms with Crippen molar-refractivity contribution >= 4 is 22.5 Å². The lowest BCUT2D eigenvalue weighted by Crippen LogP contribution is -2.32. The van der Waals surface area contributed by atoms with E-state index in [1.54, 1.807) is 0 Å². The van der Waals surface area contributed by atoms with Gasteiger partial charge in [-0.15, -0.1) is 0 Å². The molecule has 4 aromatic rings. The van der Waals surface area contributed by atoms with Crippen LogP contribution in [0.5, 0.6) is 0 Å². The molecule has 28 heavy (non-hydrogen) atoms. The highest BCUT2D eigenvalue weighted by Gasteiger charge is 2.23. The topological polar surface area (TPSA) is 47.7 Å². The number of fused-ring (bicyclic) bond motifs is 1. The highest BCUT2D eigenvalue weighted by atomic mass is 35.5. The average Bonchev–Trinajstić information content (AvgIpc) is 3.38. The van der Waals surface area contributed by atoms with Crippen LogP contribution in [0.2, 0.25) is 5.02 Å². The summed E-state index contributed by atoms with van der Waals surface area (Å²) in [6.45, 7) is 3.14. The van der Waals surface area contributed by atoms with E-state index in [2.05, 4.69) is 44.3 Å².